The van der Waals surface area contributed by atoms with E-state index < -0.39 is 0 Å². The van der Waals surface area contributed by atoms with E-state index in [4.69, 9.17) is 0 Å². The Labute approximate surface area is 378 Å². The Hall–Kier alpha value is -8.20. The van der Waals surface area contributed by atoms with Crippen molar-refractivity contribution in [3.8, 4) is 39.1 Å². The molecule has 306 valence electrons. The van der Waals surface area contributed by atoms with E-state index in [1.165, 1.54) is 98.6 Å². The van der Waals surface area contributed by atoms with Crippen LogP contribution in [0.1, 0.15) is 25.0 Å². The van der Waals surface area contributed by atoms with E-state index in [0.717, 1.165) is 22.7 Å². The van der Waals surface area contributed by atoms with Crippen molar-refractivity contribution in [1.82, 2.24) is 4.57 Å². The molecule has 2 heteroatoms. The van der Waals surface area contributed by atoms with Crippen molar-refractivity contribution in [2.24, 2.45) is 0 Å². The molecule has 0 saturated heterocycles. The molecule has 1 aromatic heterocycles. The van der Waals surface area contributed by atoms with Crippen molar-refractivity contribution in [2.45, 2.75) is 19.3 Å². The average Bonchev–Trinajstić information content (AvgIpc) is 3.81. The molecule has 0 aliphatic heterocycles. The van der Waals surface area contributed by atoms with Crippen LogP contribution in [0.5, 0.6) is 0 Å². The van der Waals surface area contributed by atoms with E-state index in [9.17, 15) is 0 Å². The van der Waals surface area contributed by atoms with Crippen molar-refractivity contribution >= 4 is 71.2 Å². The van der Waals surface area contributed by atoms with E-state index in [1.54, 1.807) is 0 Å². The summed E-state index contributed by atoms with van der Waals surface area (Å²) in [6.07, 6.45) is 0. The smallest absolute Gasteiger partial charge is 0.0541 e. The third-order valence-electron chi connectivity index (χ3n) is 14.2. The van der Waals surface area contributed by atoms with E-state index in [1.807, 2.05) is 0 Å². The molecule has 0 saturated carbocycles. The molecule has 2 nitrogen and oxygen atoms in total. The quantitative estimate of drug-likeness (QED) is 0.152. The predicted molar refractivity (Wildman–Crippen MR) is 276 cm³/mol. The summed E-state index contributed by atoms with van der Waals surface area (Å²) in [6.45, 7) is 4.80. The molecule has 1 heterocycles. The summed E-state index contributed by atoms with van der Waals surface area (Å²) in [7, 11) is 0. The lowest BCUT2D eigenvalue weighted by Gasteiger charge is -2.28. The predicted octanol–water partition coefficient (Wildman–Crippen LogP) is 17.4. The summed E-state index contributed by atoms with van der Waals surface area (Å²) >= 11 is 0. The van der Waals surface area contributed by atoms with Gasteiger partial charge in [0, 0.05) is 38.9 Å². The number of hydrogen-bond acceptors (Lipinski definition) is 1. The summed E-state index contributed by atoms with van der Waals surface area (Å²) in [5.74, 6) is 0. The highest BCUT2D eigenvalue weighted by Crippen LogP contribution is 2.53. The summed E-state index contributed by atoms with van der Waals surface area (Å²) in [5.41, 5.74) is 17.1. The number of para-hydroxylation sites is 3. The minimum Gasteiger partial charge on any atom is -0.310 e. The number of aromatic nitrogens is 1. The van der Waals surface area contributed by atoms with Crippen molar-refractivity contribution in [2.75, 3.05) is 4.90 Å². The molecular formula is C63H44N2. The second kappa shape index (κ2) is 14.4. The lowest BCUT2D eigenvalue weighted by atomic mass is 9.80. The van der Waals surface area contributed by atoms with E-state index in [0.29, 0.717) is 0 Å². The molecule has 12 aromatic rings. The molecule has 0 spiro atoms. The standard InChI is InChI=1S/C63H44N2/c1-63(2)57-39-42(61-53-24-8-10-26-55(53)62(56-27-11-9-25-54(56)61)52-28-16-18-41-17-6-7-21-47(41)52)31-37-48(57)49-38-36-46(40-58(49)63)64(43-19-4-3-5-20-43)44-32-34-45(35-33-44)65-59-29-14-12-22-50(59)51-23-13-15-30-60(51)65/h3-40H,1-2H3. The molecule has 0 radical (unpaired) electrons. The third-order valence-corrected chi connectivity index (χ3v) is 14.2. The van der Waals surface area contributed by atoms with Crippen LogP contribution in [0.15, 0.2) is 231 Å². The Morgan fingerprint density at radius 3 is 1.46 bits per heavy atom. The van der Waals surface area contributed by atoms with Gasteiger partial charge in [0.2, 0.25) is 0 Å². The van der Waals surface area contributed by atoms with Crippen LogP contribution in [-0.2, 0) is 5.41 Å². The number of hydrogen-bond donors (Lipinski definition) is 0. The highest BCUT2D eigenvalue weighted by Gasteiger charge is 2.37. The minimum atomic E-state index is -0.242. The Morgan fingerprint density at radius 1 is 0.338 bits per heavy atom. The second-order valence-electron chi connectivity index (χ2n) is 18.0. The molecule has 0 N–H and O–H groups in total. The zero-order chi connectivity index (χ0) is 43.2. The molecule has 0 atom stereocenters. The van der Waals surface area contributed by atoms with Crippen LogP contribution in [0.3, 0.4) is 0 Å². The highest BCUT2D eigenvalue weighted by molar-refractivity contribution is 6.23. The molecule has 0 bridgehead atoms. The van der Waals surface area contributed by atoms with Gasteiger partial charge in [0.1, 0.15) is 0 Å². The molecular weight excluding hydrogens is 785 g/mol. The van der Waals surface area contributed by atoms with Gasteiger partial charge in [-0.25, -0.2) is 0 Å². The van der Waals surface area contributed by atoms with Crippen LogP contribution in [0.25, 0.3) is 93.2 Å². The fourth-order valence-electron chi connectivity index (χ4n) is 11.2. The molecule has 0 amide bonds. The van der Waals surface area contributed by atoms with Crippen LogP contribution in [0.2, 0.25) is 0 Å². The molecule has 1 aliphatic carbocycles. The number of rotatable bonds is 6. The Morgan fingerprint density at radius 2 is 0.815 bits per heavy atom. The molecule has 11 aromatic carbocycles. The van der Waals surface area contributed by atoms with Crippen LogP contribution in [0, 0.1) is 0 Å². The number of anilines is 3. The maximum Gasteiger partial charge on any atom is 0.0541 e. The van der Waals surface area contributed by atoms with Gasteiger partial charge >= 0.3 is 0 Å². The Balaban J connectivity index is 0.926. The lowest BCUT2D eigenvalue weighted by Crippen LogP contribution is -2.16. The van der Waals surface area contributed by atoms with Crippen LogP contribution < -0.4 is 4.90 Å². The molecule has 0 fully saturated rings. The maximum atomic E-state index is 2.49. The number of benzene rings is 11. The number of fused-ring (bicyclic) bond motifs is 9. The summed E-state index contributed by atoms with van der Waals surface area (Å²) < 4.78 is 2.38. The summed E-state index contributed by atoms with van der Waals surface area (Å²) in [5, 5.41) is 10.2. The van der Waals surface area contributed by atoms with Gasteiger partial charge in [0.15, 0.2) is 0 Å². The van der Waals surface area contributed by atoms with E-state index >= 15 is 0 Å². The lowest BCUT2D eigenvalue weighted by molar-refractivity contribution is 0.660. The summed E-state index contributed by atoms with van der Waals surface area (Å²) in [4.78, 5) is 2.40. The first-order valence-electron chi connectivity index (χ1n) is 22.7. The van der Waals surface area contributed by atoms with Crippen LogP contribution in [0.4, 0.5) is 17.1 Å². The van der Waals surface area contributed by atoms with Gasteiger partial charge in [-0.05, 0) is 144 Å². The molecule has 1 aliphatic rings. The summed E-state index contributed by atoms with van der Waals surface area (Å²) in [6, 6.07) is 85.1. The fraction of sp³-hybridized carbons (Fsp3) is 0.0476. The van der Waals surface area contributed by atoms with Crippen molar-refractivity contribution in [3.05, 3.63) is 242 Å². The molecule has 0 unspecified atom stereocenters. The van der Waals surface area contributed by atoms with E-state index in [-0.39, 0.29) is 5.41 Å². The van der Waals surface area contributed by atoms with Gasteiger partial charge in [-0.3, -0.25) is 0 Å². The Bertz CT molecular complexity index is 3740. The normalized spacial score (nSPS) is 12.9. The van der Waals surface area contributed by atoms with Crippen molar-refractivity contribution in [1.29, 1.82) is 0 Å². The van der Waals surface area contributed by atoms with Gasteiger partial charge < -0.3 is 9.47 Å². The van der Waals surface area contributed by atoms with Crippen molar-refractivity contribution < 1.29 is 0 Å². The van der Waals surface area contributed by atoms with Gasteiger partial charge in [-0.2, -0.15) is 0 Å². The van der Waals surface area contributed by atoms with Crippen molar-refractivity contribution in [3.63, 3.8) is 0 Å². The SMILES string of the molecule is CC1(C)c2cc(-c3c4ccccc4c(-c4cccc5ccccc45)c4ccccc34)ccc2-c2ccc(N(c3ccccc3)c3ccc(-n4c5ccccc5c5ccccc54)cc3)cc21. The van der Waals surface area contributed by atoms with Crippen LogP contribution >= 0.6 is 0 Å². The topological polar surface area (TPSA) is 8.17 Å². The molecule has 65 heavy (non-hydrogen) atoms. The zero-order valence-corrected chi connectivity index (χ0v) is 36.3. The third kappa shape index (κ3) is 5.67. The van der Waals surface area contributed by atoms with Gasteiger partial charge in [0.25, 0.3) is 0 Å². The van der Waals surface area contributed by atoms with Gasteiger partial charge in [-0.1, -0.05) is 178 Å². The first-order valence-corrected chi connectivity index (χ1v) is 22.7. The van der Waals surface area contributed by atoms with E-state index in [2.05, 4.69) is 254 Å². The Kier molecular flexibility index (Phi) is 8.29. The monoisotopic (exact) mass is 828 g/mol. The molecule has 13 rings (SSSR count). The largest absolute Gasteiger partial charge is 0.310 e. The second-order valence-corrected chi connectivity index (χ2v) is 18.0. The first kappa shape index (κ1) is 37.4. The zero-order valence-electron chi connectivity index (χ0n) is 36.3. The minimum absolute atomic E-state index is 0.242. The number of nitrogens with zero attached hydrogens (tertiary/aromatic N) is 2. The fourth-order valence-corrected chi connectivity index (χ4v) is 11.2. The van der Waals surface area contributed by atoms with Gasteiger partial charge in [0.05, 0.1) is 11.0 Å². The maximum absolute atomic E-state index is 2.49. The van der Waals surface area contributed by atoms with Crippen LogP contribution in [-0.4, -0.2) is 4.57 Å². The first-order chi connectivity index (χ1) is 32.0. The van der Waals surface area contributed by atoms with Gasteiger partial charge in [-0.15, -0.1) is 0 Å². The highest BCUT2D eigenvalue weighted by atomic mass is 15.1. The average molecular weight is 829 g/mol.